The summed E-state index contributed by atoms with van der Waals surface area (Å²) < 4.78 is 19.3. The Hall–Kier alpha value is -3.09. The van der Waals surface area contributed by atoms with E-state index in [-0.39, 0.29) is 5.69 Å². The number of anilines is 3. The van der Waals surface area contributed by atoms with Crippen molar-refractivity contribution < 1.29 is 18.7 Å². The molecule has 0 spiro atoms. The zero-order chi connectivity index (χ0) is 20.9. The standard InChI is InChI=1S/C21H26FN3O3/c1-6-25(5)16-10-7-14(8-11-16)19(26)24-18-13-15(9-12-17(18)22)23-20(27)28-21(2,3)4/h7-13H,6H2,1-5H3,(H,23,27)(H,24,26). The van der Waals surface area contributed by atoms with Crippen molar-refractivity contribution in [2.45, 2.75) is 33.3 Å². The van der Waals surface area contributed by atoms with Crippen LogP contribution in [0.3, 0.4) is 0 Å². The lowest BCUT2D eigenvalue weighted by molar-refractivity contribution is 0.0635. The van der Waals surface area contributed by atoms with Gasteiger partial charge in [-0.15, -0.1) is 0 Å². The minimum atomic E-state index is -0.660. The summed E-state index contributed by atoms with van der Waals surface area (Å²) in [6.45, 7) is 8.10. The molecular formula is C21H26FN3O3. The number of rotatable bonds is 5. The summed E-state index contributed by atoms with van der Waals surface area (Å²) in [4.78, 5) is 26.3. The van der Waals surface area contributed by atoms with Gasteiger partial charge in [-0.1, -0.05) is 0 Å². The van der Waals surface area contributed by atoms with Gasteiger partial charge in [0, 0.05) is 30.5 Å². The molecule has 0 unspecified atom stereocenters. The van der Waals surface area contributed by atoms with Crippen LogP contribution in [-0.2, 0) is 4.74 Å². The highest BCUT2D eigenvalue weighted by Crippen LogP contribution is 2.22. The molecule has 2 aromatic rings. The molecule has 28 heavy (non-hydrogen) atoms. The molecule has 0 radical (unpaired) electrons. The first kappa shape index (κ1) is 21.2. The summed E-state index contributed by atoms with van der Waals surface area (Å²) in [5.41, 5.74) is 1.00. The molecule has 150 valence electrons. The van der Waals surface area contributed by atoms with Crippen LogP contribution in [0.15, 0.2) is 42.5 Å². The lowest BCUT2D eigenvalue weighted by atomic mass is 10.1. The van der Waals surface area contributed by atoms with Crippen molar-refractivity contribution in [1.29, 1.82) is 0 Å². The van der Waals surface area contributed by atoms with Crippen LogP contribution >= 0.6 is 0 Å². The summed E-state index contributed by atoms with van der Waals surface area (Å²) >= 11 is 0. The molecule has 0 aliphatic rings. The number of carbonyl (C=O) groups excluding carboxylic acids is 2. The highest BCUT2D eigenvalue weighted by atomic mass is 19.1. The van der Waals surface area contributed by atoms with Crippen LogP contribution < -0.4 is 15.5 Å². The molecule has 2 rings (SSSR count). The van der Waals surface area contributed by atoms with Gasteiger partial charge >= 0.3 is 6.09 Å². The van der Waals surface area contributed by atoms with Crippen LogP contribution in [0, 0.1) is 5.82 Å². The molecule has 0 bridgehead atoms. The number of ether oxygens (including phenoxy) is 1. The third kappa shape index (κ3) is 5.97. The van der Waals surface area contributed by atoms with E-state index in [0.717, 1.165) is 12.2 Å². The SMILES string of the molecule is CCN(C)c1ccc(C(=O)Nc2cc(NC(=O)OC(C)(C)C)ccc2F)cc1. The summed E-state index contributed by atoms with van der Waals surface area (Å²) in [7, 11) is 1.95. The fraction of sp³-hybridized carbons (Fsp3) is 0.333. The molecule has 2 aromatic carbocycles. The number of benzene rings is 2. The Morgan fingerprint density at radius 2 is 1.71 bits per heavy atom. The van der Waals surface area contributed by atoms with E-state index in [1.54, 1.807) is 32.9 Å². The Morgan fingerprint density at radius 3 is 2.29 bits per heavy atom. The van der Waals surface area contributed by atoms with Crippen LogP contribution in [0.2, 0.25) is 0 Å². The third-order valence-corrected chi connectivity index (χ3v) is 3.90. The zero-order valence-corrected chi connectivity index (χ0v) is 16.8. The summed E-state index contributed by atoms with van der Waals surface area (Å²) in [6, 6.07) is 10.9. The van der Waals surface area contributed by atoms with Crippen molar-refractivity contribution in [3.8, 4) is 0 Å². The van der Waals surface area contributed by atoms with E-state index in [4.69, 9.17) is 4.74 Å². The molecule has 0 atom stereocenters. The van der Waals surface area contributed by atoms with Gasteiger partial charge in [-0.05, 0) is 70.2 Å². The molecule has 0 heterocycles. The van der Waals surface area contributed by atoms with E-state index in [1.165, 1.54) is 18.2 Å². The van der Waals surface area contributed by atoms with Gasteiger partial charge in [-0.2, -0.15) is 0 Å². The molecule has 6 nitrogen and oxygen atoms in total. The predicted molar refractivity (Wildman–Crippen MR) is 110 cm³/mol. The van der Waals surface area contributed by atoms with Crippen LogP contribution in [-0.4, -0.2) is 31.2 Å². The first-order valence-corrected chi connectivity index (χ1v) is 9.01. The summed E-state index contributed by atoms with van der Waals surface area (Å²) in [5, 5.41) is 5.05. The lowest BCUT2D eigenvalue weighted by Gasteiger charge is -2.20. The average Bonchev–Trinajstić information content (AvgIpc) is 2.62. The molecule has 2 N–H and O–H groups in total. The molecule has 0 saturated carbocycles. The molecule has 0 fully saturated rings. The van der Waals surface area contributed by atoms with Gasteiger partial charge < -0.3 is 15.0 Å². The number of nitrogens with zero attached hydrogens (tertiary/aromatic N) is 1. The Labute approximate surface area is 164 Å². The number of hydrogen-bond donors (Lipinski definition) is 2. The Morgan fingerprint density at radius 1 is 1.07 bits per heavy atom. The normalized spacial score (nSPS) is 10.9. The van der Waals surface area contributed by atoms with Crippen molar-refractivity contribution in [3.05, 3.63) is 53.8 Å². The molecule has 0 aromatic heterocycles. The quantitative estimate of drug-likeness (QED) is 0.767. The second-order valence-electron chi connectivity index (χ2n) is 7.34. The molecule has 0 aliphatic carbocycles. The maximum Gasteiger partial charge on any atom is 0.412 e. The molecule has 7 heteroatoms. The van der Waals surface area contributed by atoms with Gasteiger partial charge in [-0.3, -0.25) is 10.1 Å². The number of carbonyl (C=O) groups is 2. The second kappa shape index (κ2) is 8.73. The number of hydrogen-bond acceptors (Lipinski definition) is 4. The van der Waals surface area contributed by atoms with E-state index >= 15 is 0 Å². The third-order valence-electron chi connectivity index (χ3n) is 3.90. The minimum absolute atomic E-state index is 0.0340. The van der Waals surface area contributed by atoms with Gasteiger partial charge in [0.05, 0.1) is 5.69 Å². The van der Waals surface area contributed by atoms with Crippen molar-refractivity contribution in [2.75, 3.05) is 29.1 Å². The molecule has 0 saturated heterocycles. The fourth-order valence-electron chi connectivity index (χ4n) is 2.36. The van der Waals surface area contributed by atoms with Gasteiger partial charge in [-0.25, -0.2) is 9.18 Å². The van der Waals surface area contributed by atoms with Crippen molar-refractivity contribution in [3.63, 3.8) is 0 Å². The second-order valence-corrected chi connectivity index (χ2v) is 7.34. The predicted octanol–water partition coefficient (Wildman–Crippen LogP) is 4.88. The number of nitrogens with one attached hydrogen (secondary N) is 2. The number of amides is 2. The van der Waals surface area contributed by atoms with Crippen LogP contribution in [0.1, 0.15) is 38.1 Å². The maximum absolute atomic E-state index is 14.1. The van der Waals surface area contributed by atoms with Crippen LogP contribution in [0.25, 0.3) is 0 Å². The van der Waals surface area contributed by atoms with E-state index in [0.29, 0.717) is 11.3 Å². The minimum Gasteiger partial charge on any atom is -0.444 e. The van der Waals surface area contributed by atoms with E-state index < -0.39 is 23.4 Å². The monoisotopic (exact) mass is 387 g/mol. The van der Waals surface area contributed by atoms with E-state index in [9.17, 15) is 14.0 Å². The van der Waals surface area contributed by atoms with Crippen molar-refractivity contribution in [2.24, 2.45) is 0 Å². The van der Waals surface area contributed by atoms with Gasteiger partial charge in [0.2, 0.25) is 0 Å². The highest BCUT2D eigenvalue weighted by Gasteiger charge is 2.17. The molecule has 0 aliphatic heterocycles. The Bertz CT molecular complexity index is 845. The first-order valence-electron chi connectivity index (χ1n) is 9.01. The lowest BCUT2D eigenvalue weighted by Crippen LogP contribution is -2.27. The molecule has 2 amide bonds. The van der Waals surface area contributed by atoms with Gasteiger partial charge in [0.25, 0.3) is 5.91 Å². The van der Waals surface area contributed by atoms with Gasteiger partial charge in [0.15, 0.2) is 0 Å². The van der Waals surface area contributed by atoms with Crippen molar-refractivity contribution in [1.82, 2.24) is 0 Å². The smallest absolute Gasteiger partial charge is 0.412 e. The topological polar surface area (TPSA) is 70.7 Å². The summed E-state index contributed by atoms with van der Waals surface area (Å²) in [5.74, 6) is -1.05. The van der Waals surface area contributed by atoms with Crippen molar-refractivity contribution >= 4 is 29.1 Å². The maximum atomic E-state index is 14.1. The number of halogens is 1. The highest BCUT2D eigenvalue weighted by molar-refractivity contribution is 6.04. The van der Waals surface area contributed by atoms with E-state index in [1.807, 2.05) is 31.0 Å². The largest absolute Gasteiger partial charge is 0.444 e. The van der Waals surface area contributed by atoms with E-state index in [2.05, 4.69) is 10.6 Å². The summed E-state index contributed by atoms with van der Waals surface area (Å²) in [6.07, 6.45) is -0.660. The van der Waals surface area contributed by atoms with Gasteiger partial charge in [0.1, 0.15) is 11.4 Å². The Kier molecular flexibility index (Phi) is 6.62. The average molecular weight is 387 g/mol. The van der Waals surface area contributed by atoms with Crippen LogP contribution in [0.4, 0.5) is 26.2 Å². The zero-order valence-electron chi connectivity index (χ0n) is 16.8. The fourth-order valence-corrected chi connectivity index (χ4v) is 2.36. The Balaban J connectivity index is 2.10. The molecular weight excluding hydrogens is 361 g/mol. The van der Waals surface area contributed by atoms with Crippen LogP contribution in [0.5, 0.6) is 0 Å². The first-order chi connectivity index (χ1) is 13.1.